The second-order valence-electron chi connectivity index (χ2n) is 9.73. The van der Waals surface area contributed by atoms with Crippen LogP contribution in [-0.2, 0) is 26.2 Å². The lowest BCUT2D eigenvalue weighted by atomic mass is 10.1. The van der Waals surface area contributed by atoms with Crippen LogP contribution < -0.4 is 14.4 Å². The Kier molecular flexibility index (Phi) is 10.7. The lowest BCUT2D eigenvalue weighted by molar-refractivity contribution is -0.140. The van der Waals surface area contributed by atoms with E-state index in [4.69, 9.17) is 4.74 Å². The van der Waals surface area contributed by atoms with Crippen LogP contribution >= 0.6 is 0 Å². The van der Waals surface area contributed by atoms with Crippen LogP contribution in [-0.4, -0.2) is 50.9 Å². The van der Waals surface area contributed by atoms with Crippen molar-refractivity contribution in [3.05, 3.63) is 90.0 Å². The summed E-state index contributed by atoms with van der Waals surface area (Å²) in [5.41, 5.74) is 1.87. The van der Waals surface area contributed by atoms with Crippen molar-refractivity contribution in [2.75, 3.05) is 18.0 Å². The normalized spacial score (nSPS) is 12.7. The summed E-state index contributed by atoms with van der Waals surface area (Å²) in [5, 5.41) is 2.99. The molecule has 0 aliphatic rings. The van der Waals surface area contributed by atoms with Crippen molar-refractivity contribution in [3.8, 4) is 5.75 Å². The largest absolute Gasteiger partial charge is 0.497 e. The Balaban J connectivity index is 2.07. The molecule has 0 aliphatic carbocycles. The van der Waals surface area contributed by atoms with E-state index in [0.29, 0.717) is 23.4 Å². The minimum absolute atomic E-state index is 0.0720. The van der Waals surface area contributed by atoms with E-state index in [1.807, 2.05) is 39.0 Å². The van der Waals surface area contributed by atoms with E-state index in [9.17, 15) is 18.0 Å². The molecule has 214 valence electrons. The lowest BCUT2D eigenvalue weighted by Crippen LogP contribution is -2.53. The number of anilines is 1. The van der Waals surface area contributed by atoms with Gasteiger partial charge in [-0.1, -0.05) is 62.4 Å². The Morgan fingerprint density at radius 1 is 0.925 bits per heavy atom. The van der Waals surface area contributed by atoms with Crippen LogP contribution in [0.3, 0.4) is 0 Å². The Morgan fingerprint density at radius 3 is 2.23 bits per heavy atom. The predicted molar refractivity (Wildman–Crippen MR) is 158 cm³/mol. The quantitative estimate of drug-likeness (QED) is 0.317. The van der Waals surface area contributed by atoms with E-state index in [1.54, 1.807) is 62.6 Å². The average Bonchev–Trinajstić information content (AvgIpc) is 2.96. The summed E-state index contributed by atoms with van der Waals surface area (Å²) in [5.74, 6) is -0.145. The molecule has 9 heteroatoms. The third kappa shape index (κ3) is 7.41. The first kappa shape index (κ1) is 30.7. The van der Waals surface area contributed by atoms with Crippen molar-refractivity contribution in [1.29, 1.82) is 0 Å². The molecule has 0 aromatic heterocycles. The number of rotatable bonds is 13. The van der Waals surface area contributed by atoms with Crippen LogP contribution in [0.4, 0.5) is 5.69 Å². The molecule has 2 amide bonds. The maximum absolute atomic E-state index is 14.1. The Morgan fingerprint density at radius 2 is 1.60 bits per heavy atom. The Labute approximate surface area is 238 Å². The maximum Gasteiger partial charge on any atom is 0.264 e. The summed E-state index contributed by atoms with van der Waals surface area (Å²) < 4.78 is 34.3. The standard InChI is InChI=1S/C31H39N3O5S/c1-6-24(4)32-31(36)28(7-2)33(21-25-15-13-16-26(20-25)39-5)30(35)22-34(29-19-12-11-14-23(29)3)40(37,38)27-17-9-8-10-18-27/h8-20,24,28H,6-7,21-22H2,1-5H3,(H,32,36)/t24-,28-/m0/s1. The second kappa shape index (κ2) is 14.0. The third-order valence-electron chi connectivity index (χ3n) is 6.87. The lowest BCUT2D eigenvalue weighted by Gasteiger charge is -2.34. The first-order chi connectivity index (χ1) is 19.1. The first-order valence-electron chi connectivity index (χ1n) is 13.5. The number of para-hydroxylation sites is 1. The van der Waals surface area contributed by atoms with Gasteiger partial charge in [-0.25, -0.2) is 8.42 Å². The summed E-state index contributed by atoms with van der Waals surface area (Å²) >= 11 is 0. The summed E-state index contributed by atoms with van der Waals surface area (Å²) in [6, 6.07) is 21.5. The monoisotopic (exact) mass is 565 g/mol. The summed E-state index contributed by atoms with van der Waals surface area (Å²) in [6.07, 6.45) is 1.09. The maximum atomic E-state index is 14.1. The Hall–Kier alpha value is -3.85. The van der Waals surface area contributed by atoms with E-state index < -0.39 is 28.5 Å². The summed E-state index contributed by atoms with van der Waals surface area (Å²) in [7, 11) is -2.54. The van der Waals surface area contributed by atoms with Gasteiger partial charge in [-0.15, -0.1) is 0 Å². The van der Waals surface area contributed by atoms with E-state index in [2.05, 4.69) is 5.32 Å². The van der Waals surface area contributed by atoms with Gasteiger partial charge in [0.2, 0.25) is 11.8 Å². The van der Waals surface area contributed by atoms with Gasteiger partial charge in [-0.3, -0.25) is 13.9 Å². The van der Waals surface area contributed by atoms with Crippen molar-refractivity contribution < 1.29 is 22.7 Å². The van der Waals surface area contributed by atoms with E-state index in [-0.39, 0.29) is 23.4 Å². The number of methoxy groups -OCH3 is 1. The highest BCUT2D eigenvalue weighted by Gasteiger charge is 2.34. The van der Waals surface area contributed by atoms with Crippen molar-refractivity contribution in [2.45, 2.75) is 64.1 Å². The van der Waals surface area contributed by atoms with Gasteiger partial charge in [0, 0.05) is 12.6 Å². The molecule has 0 heterocycles. The van der Waals surface area contributed by atoms with E-state index >= 15 is 0 Å². The van der Waals surface area contributed by atoms with Crippen molar-refractivity contribution in [3.63, 3.8) is 0 Å². The minimum Gasteiger partial charge on any atom is -0.497 e. The molecule has 0 saturated carbocycles. The minimum atomic E-state index is -4.10. The molecule has 0 unspecified atom stereocenters. The second-order valence-corrected chi connectivity index (χ2v) is 11.6. The average molecular weight is 566 g/mol. The number of carbonyl (C=O) groups is 2. The van der Waals surface area contributed by atoms with Crippen LogP contribution in [0.5, 0.6) is 5.75 Å². The number of ether oxygens (including phenoxy) is 1. The molecule has 0 saturated heterocycles. The van der Waals surface area contributed by atoms with Gasteiger partial charge < -0.3 is 15.0 Å². The highest BCUT2D eigenvalue weighted by molar-refractivity contribution is 7.92. The van der Waals surface area contributed by atoms with Crippen LogP contribution in [0.15, 0.2) is 83.8 Å². The number of nitrogens with zero attached hydrogens (tertiary/aromatic N) is 2. The fourth-order valence-corrected chi connectivity index (χ4v) is 5.90. The molecule has 8 nitrogen and oxygen atoms in total. The van der Waals surface area contributed by atoms with Crippen LogP contribution in [0, 0.1) is 6.92 Å². The number of amides is 2. The van der Waals surface area contributed by atoms with Gasteiger partial charge in [0.25, 0.3) is 10.0 Å². The molecule has 40 heavy (non-hydrogen) atoms. The summed E-state index contributed by atoms with van der Waals surface area (Å²) in [6.45, 7) is 7.15. The predicted octanol–water partition coefficient (Wildman–Crippen LogP) is 4.92. The van der Waals surface area contributed by atoms with E-state index in [0.717, 1.165) is 16.3 Å². The van der Waals surface area contributed by atoms with Crippen molar-refractivity contribution in [2.24, 2.45) is 0 Å². The fourth-order valence-electron chi connectivity index (χ4n) is 4.40. The van der Waals surface area contributed by atoms with Gasteiger partial charge in [-0.05, 0) is 68.1 Å². The topological polar surface area (TPSA) is 96.0 Å². The first-order valence-corrected chi connectivity index (χ1v) is 14.9. The molecule has 2 atom stereocenters. The van der Waals surface area contributed by atoms with Gasteiger partial charge in [0.05, 0.1) is 17.7 Å². The van der Waals surface area contributed by atoms with Gasteiger partial charge in [0.15, 0.2) is 0 Å². The molecule has 3 aromatic carbocycles. The molecule has 0 spiro atoms. The number of hydrogen-bond acceptors (Lipinski definition) is 5. The van der Waals surface area contributed by atoms with Crippen LogP contribution in [0.2, 0.25) is 0 Å². The molecular weight excluding hydrogens is 526 g/mol. The van der Waals surface area contributed by atoms with Gasteiger partial charge >= 0.3 is 0 Å². The highest BCUT2D eigenvalue weighted by atomic mass is 32.2. The molecule has 0 radical (unpaired) electrons. The number of carbonyl (C=O) groups excluding carboxylic acids is 2. The molecular formula is C31H39N3O5S. The highest BCUT2D eigenvalue weighted by Crippen LogP contribution is 2.27. The molecule has 3 aromatic rings. The number of hydrogen-bond donors (Lipinski definition) is 1. The zero-order chi connectivity index (χ0) is 29.3. The smallest absolute Gasteiger partial charge is 0.264 e. The molecule has 0 bridgehead atoms. The number of nitrogens with one attached hydrogen (secondary N) is 1. The third-order valence-corrected chi connectivity index (χ3v) is 8.64. The van der Waals surface area contributed by atoms with E-state index in [1.165, 1.54) is 17.0 Å². The number of aryl methyl sites for hydroxylation is 1. The van der Waals surface area contributed by atoms with Gasteiger partial charge in [0.1, 0.15) is 18.3 Å². The SMILES string of the molecule is CC[C@H](C)NC(=O)[C@H](CC)N(Cc1cccc(OC)c1)C(=O)CN(c1ccccc1C)S(=O)(=O)c1ccccc1. The van der Waals surface area contributed by atoms with Crippen LogP contribution in [0.1, 0.15) is 44.7 Å². The van der Waals surface area contributed by atoms with Crippen molar-refractivity contribution >= 4 is 27.5 Å². The number of benzene rings is 3. The van der Waals surface area contributed by atoms with Crippen LogP contribution in [0.25, 0.3) is 0 Å². The Bertz CT molecular complexity index is 1390. The number of sulfonamides is 1. The van der Waals surface area contributed by atoms with Gasteiger partial charge in [-0.2, -0.15) is 0 Å². The molecule has 0 fully saturated rings. The van der Waals surface area contributed by atoms with Crippen molar-refractivity contribution in [1.82, 2.24) is 10.2 Å². The summed E-state index contributed by atoms with van der Waals surface area (Å²) in [4.78, 5) is 29.1. The fraction of sp³-hybridized carbons (Fsp3) is 0.355. The molecule has 0 aliphatic heterocycles. The zero-order valence-corrected chi connectivity index (χ0v) is 24.6. The molecule has 1 N–H and O–H groups in total. The molecule has 3 rings (SSSR count). The zero-order valence-electron chi connectivity index (χ0n) is 23.8.